The van der Waals surface area contributed by atoms with Gasteiger partial charge >= 0.3 is 6.18 Å². The van der Waals surface area contributed by atoms with Gasteiger partial charge in [0.05, 0.1) is 5.69 Å². The summed E-state index contributed by atoms with van der Waals surface area (Å²) >= 11 is 0. The Kier molecular flexibility index (Phi) is 3.93. The van der Waals surface area contributed by atoms with Crippen LogP contribution in [0.2, 0.25) is 0 Å². The summed E-state index contributed by atoms with van der Waals surface area (Å²) in [5.41, 5.74) is 0.121. The third-order valence-electron chi connectivity index (χ3n) is 4.44. The smallest absolute Gasteiger partial charge is 0.354 e. The van der Waals surface area contributed by atoms with Gasteiger partial charge in [0.2, 0.25) is 5.95 Å². The molecule has 1 saturated heterocycles. The summed E-state index contributed by atoms with van der Waals surface area (Å²) in [7, 11) is 0. The number of halogens is 3. The molecule has 2 fully saturated rings. The number of hydrogen-bond acceptors (Lipinski definition) is 6. The van der Waals surface area contributed by atoms with Crippen LogP contribution in [-0.4, -0.2) is 39.8 Å². The minimum Gasteiger partial charge on any atom is -0.354 e. The van der Waals surface area contributed by atoms with E-state index >= 15 is 0 Å². The molecular formula is C16H17F3N6. The monoisotopic (exact) mass is 350 g/mol. The molecule has 25 heavy (non-hydrogen) atoms. The van der Waals surface area contributed by atoms with Gasteiger partial charge in [-0.2, -0.15) is 18.3 Å². The van der Waals surface area contributed by atoms with Crippen LogP contribution in [0, 0.1) is 5.92 Å². The molecule has 1 aliphatic heterocycles. The first kappa shape index (κ1) is 16.0. The average molecular weight is 350 g/mol. The van der Waals surface area contributed by atoms with E-state index in [4.69, 9.17) is 0 Å². The fourth-order valence-electron chi connectivity index (χ4n) is 2.82. The molecule has 0 aromatic carbocycles. The molecule has 1 aliphatic carbocycles. The van der Waals surface area contributed by atoms with Crippen LogP contribution < -0.4 is 10.2 Å². The fourth-order valence-corrected chi connectivity index (χ4v) is 2.82. The summed E-state index contributed by atoms with van der Waals surface area (Å²) < 4.78 is 37.9. The van der Waals surface area contributed by atoms with Crippen molar-refractivity contribution < 1.29 is 13.2 Å². The van der Waals surface area contributed by atoms with Crippen LogP contribution in [0.1, 0.15) is 30.1 Å². The van der Waals surface area contributed by atoms with Gasteiger partial charge in [0.15, 0.2) is 5.82 Å². The number of hydrogen-bond donors (Lipinski definition) is 1. The lowest BCUT2D eigenvalue weighted by Crippen LogP contribution is -2.50. The van der Waals surface area contributed by atoms with Crippen molar-refractivity contribution in [2.24, 2.45) is 5.92 Å². The molecule has 1 saturated carbocycles. The third kappa shape index (κ3) is 3.64. The predicted octanol–water partition coefficient (Wildman–Crippen LogP) is 2.71. The van der Waals surface area contributed by atoms with Crippen molar-refractivity contribution in [1.29, 1.82) is 0 Å². The van der Waals surface area contributed by atoms with Gasteiger partial charge in [-0.3, -0.25) is 0 Å². The van der Waals surface area contributed by atoms with E-state index in [9.17, 15) is 13.2 Å². The molecule has 0 radical (unpaired) electrons. The van der Waals surface area contributed by atoms with E-state index in [1.165, 1.54) is 12.8 Å². The van der Waals surface area contributed by atoms with Gasteiger partial charge in [-0.15, -0.1) is 5.10 Å². The van der Waals surface area contributed by atoms with Crippen LogP contribution >= 0.6 is 0 Å². The van der Waals surface area contributed by atoms with E-state index in [0.717, 1.165) is 36.9 Å². The summed E-state index contributed by atoms with van der Waals surface area (Å²) in [6.07, 6.45) is -0.952. The number of alkyl halides is 3. The maximum Gasteiger partial charge on any atom is 0.433 e. The topological polar surface area (TPSA) is 66.8 Å². The molecule has 2 aromatic heterocycles. The Bertz CT molecular complexity index is 738. The molecule has 2 aromatic rings. The molecule has 0 amide bonds. The van der Waals surface area contributed by atoms with Crippen LogP contribution in [0.5, 0.6) is 0 Å². The van der Waals surface area contributed by atoms with E-state index in [1.54, 1.807) is 0 Å². The van der Waals surface area contributed by atoms with Crippen molar-refractivity contribution in [3.8, 4) is 0 Å². The quantitative estimate of drug-likeness (QED) is 0.894. The number of nitrogens with zero attached hydrogens (tertiary/aromatic N) is 5. The Balaban J connectivity index is 1.27. The van der Waals surface area contributed by atoms with Crippen molar-refractivity contribution in [2.75, 3.05) is 29.9 Å². The number of nitrogens with one attached hydrogen (secondary N) is 1. The zero-order valence-electron chi connectivity index (χ0n) is 13.4. The normalized spacial score (nSPS) is 18.1. The molecule has 0 unspecified atom stereocenters. The first-order chi connectivity index (χ1) is 12.0. The second kappa shape index (κ2) is 6.12. The first-order valence-electron chi connectivity index (χ1n) is 8.22. The number of rotatable bonds is 5. The molecule has 0 atom stereocenters. The van der Waals surface area contributed by atoms with Gasteiger partial charge in [-0.25, -0.2) is 9.97 Å². The van der Waals surface area contributed by atoms with Crippen molar-refractivity contribution in [2.45, 2.75) is 24.9 Å². The van der Waals surface area contributed by atoms with Gasteiger partial charge < -0.3 is 10.2 Å². The summed E-state index contributed by atoms with van der Waals surface area (Å²) in [5.74, 6) is 1.74. The van der Waals surface area contributed by atoms with E-state index in [2.05, 4.69) is 30.4 Å². The molecule has 132 valence electrons. The Labute approximate surface area is 142 Å². The van der Waals surface area contributed by atoms with E-state index in [1.807, 2.05) is 12.1 Å². The van der Waals surface area contributed by atoms with Gasteiger partial charge in [-0.1, -0.05) is 0 Å². The minimum absolute atomic E-state index is 0.00172. The second-order valence-corrected chi connectivity index (χ2v) is 6.51. The van der Waals surface area contributed by atoms with E-state index in [-0.39, 0.29) is 5.95 Å². The Morgan fingerprint density at radius 1 is 1.12 bits per heavy atom. The standard InChI is InChI=1S/C16H17F3N6/c17-16(18,19)13-5-6-20-15(22-13)21-7-10-8-25(9-10)14-4-3-12(23-24-14)11-1-2-11/h3-6,10-11H,1-2,7-9H2,(H,20,21,22). The van der Waals surface area contributed by atoms with E-state index in [0.29, 0.717) is 18.4 Å². The molecule has 2 aliphatic rings. The largest absolute Gasteiger partial charge is 0.433 e. The van der Waals surface area contributed by atoms with Crippen LogP contribution in [-0.2, 0) is 6.18 Å². The SMILES string of the molecule is FC(F)(F)c1ccnc(NCC2CN(c3ccc(C4CC4)nn3)C2)n1. The molecule has 4 rings (SSSR count). The summed E-state index contributed by atoms with van der Waals surface area (Å²) in [4.78, 5) is 9.44. The highest BCUT2D eigenvalue weighted by Crippen LogP contribution is 2.39. The highest BCUT2D eigenvalue weighted by molar-refractivity contribution is 5.41. The van der Waals surface area contributed by atoms with Gasteiger partial charge in [0.1, 0.15) is 5.69 Å². The van der Waals surface area contributed by atoms with Crippen LogP contribution in [0.25, 0.3) is 0 Å². The fraction of sp³-hybridized carbons (Fsp3) is 0.500. The highest BCUT2D eigenvalue weighted by atomic mass is 19.4. The third-order valence-corrected chi connectivity index (χ3v) is 4.44. The lowest BCUT2D eigenvalue weighted by atomic mass is 10.0. The predicted molar refractivity (Wildman–Crippen MR) is 85.2 cm³/mol. The summed E-state index contributed by atoms with van der Waals surface area (Å²) in [5, 5.41) is 11.4. The maximum absolute atomic E-state index is 12.6. The zero-order valence-corrected chi connectivity index (χ0v) is 13.4. The average Bonchev–Trinajstić information content (AvgIpc) is 3.38. The summed E-state index contributed by atoms with van der Waals surface area (Å²) in [6.45, 7) is 2.08. The summed E-state index contributed by atoms with van der Waals surface area (Å²) in [6, 6.07) is 4.88. The van der Waals surface area contributed by atoms with Crippen molar-refractivity contribution >= 4 is 11.8 Å². The molecular weight excluding hydrogens is 333 g/mol. The molecule has 1 N–H and O–H groups in total. The maximum atomic E-state index is 12.6. The Morgan fingerprint density at radius 2 is 1.92 bits per heavy atom. The first-order valence-corrected chi connectivity index (χ1v) is 8.22. The second-order valence-electron chi connectivity index (χ2n) is 6.51. The van der Waals surface area contributed by atoms with Gasteiger partial charge in [0, 0.05) is 37.7 Å². The lowest BCUT2D eigenvalue weighted by Gasteiger charge is -2.39. The zero-order chi connectivity index (χ0) is 17.4. The Hall–Kier alpha value is -2.45. The highest BCUT2D eigenvalue weighted by Gasteiger charge is 2.33. The Morgan fingerprint density at radius 3 is 2.56 bits per heavy atom. The van der Waals surface area contributed by atoms with Crippen LogP contribution in [0.15, 0.2) is 24.4 Å². The molecule has 6 nitrogen and oxygen atoms in total. The number of anilines is 2. The van der Waals surface area contributed by atoms with Gasteiger partial charge in [0.25, 0.3) is 0 Å². The van der Waals surface area contributed by atoms with Crippen molar-refractivity contribution in [3.63, 3.8) is 0 Å². The molecule has 0 bridgehead atoms. The molecule has 3 heterocycles. The van der Waals surface area contributed by atoms with Crippen molar-refractivity contribution in [1.82, 2.24) is 20.2 Å². The molecule has 0 spiro atoms. The lowest BCUT2D eigenvalue weighted by molar-refractivity contribution is -0.141. The minimum atomic E-state index is -4.46. The number of aromatic nitrogens is 4. The van der Waals surface area contributed by atoms with Crippen LogP contribution in [0.3, 0.4) is 0 Å². The van der Waals surface area contributed by atoms with Crippen molar-refractivity contribution in [3.05, 3.63) is 35.8 Å². The van der Waals surface area contributed by atoms with Gasteiger partial charge in [-0.05, 0) is 31.0 Å². The van der Waals surface area contributed by atoms with Crippen LogP contribution in [0.4, 0.5) is 24.9 Å². The van der Waals surface area contributed by atoms with E-state index < -0.39 is 11.9 Å². The molecule has 9 heteroatoms.